The molecule has 0 atom stereocenters. The van der Waals surface area contributed by atoms with Crippen LogP contribution >= 0.6 is 0 Å². The molecule has 0 radical (unpaired) electrons. The lowest BCUT2D eigenvalue weighted by Gasteiger charge is -2.26. The van der Waals surface area contributed by atoms with Crippen LogP contribution in [0.2, 0.25) is 0 Å². The van der Waals surface area contributed by atoms with Crippen LogP contribution in [0, 0.1) is 20.8 Å². The molecule has 6 rings (SSSR count). The van der Waals surface area contributed by atoms with Gasteiger partial charge in [-0.1, -0.05) is 32.0 Å². The summed E-state index contributed by atoms with van der Waals surface area (Å²) in [5, 5.41) is 4.07. The molecule has 3 aromatic heterocycles. The molecule has 0 bridgehead atoms. The van der Waals surface area contributed by atoms with E-state index < -0.39 is 5.76 Å². The van der Waals surface area contributed by atoms with Crippen LogP contribution in [-0.2, 0) is 25.7 Å². The maximum Gasteiger partial charge on any atom is 0.440 e. The Morgan fingerprint density at radius 1 is 0.973 bits per heavy atom. The Kier molecular flexibility index (Phi) is 5.47. The van der Waals surface area contributed by atoms with Gasteiger partial charge in [0, 0.05) is 12.1 Å². The highest BCUT2D eigenvalue weighted by atomic mass is 16.5. The van der Waals surface area contributed by atoms with Gasteiger partial charge in [-0.25, -0.2) is 14.8 Å². The van der Waals surface area contributed by atoms with Crippen molar-refractivity contribution in [3.63, 3.8) is 0 Å². The molecule has 2 aromatic carbocycles. The van der Waals surface area contributed by atoms with Crippen LogP contribution in [0.1, 0.15) is 53.2 Å². The summed E-state index contributed by atoms with van der Waals surface area (Å²) in [7, 11) is 0. The van der Waals surface area contributed by atoms with Crippen molar-refractivity contribution < 1.29 is 4.52 Å². The summed E-state index contributed by atoms with van der Waals surface area (Å²) in [6.45, 7) is 10.7. The van der Waals surface area contributed by atoms with Gasteiger partial charge < -0.3 is 0 Å². The number of aromatic nitrogens is 5. The first-order chi connectivity index (χ1) is 17.9. The Bertz CT molecular complexity index is 1720. The van der Waals surface area contributed by atoms with Crippen LogP contribution in [0.4, 0.5) is 17.3 Å². The summed E-state index contributed by atoms with van der Waals surface area (Å²) in [5.41, 5.74) is 11.9. The van der Waals surface area contributed by atoms with Gasteiger partial charge in [0.05, 0.1) is 17.1 Å². The predicted molar refractivity (Wildman–Crippen MR) is 145 cm³/mol. The highest BCUT2D eigenvalue weighted by Gasteiger charge is 2.29. The maximum atomic E-state index is 11.9. The van der Waals surface area contributed by atoms with Crippen molar-refractivity contribution in [3.05, 3.63) is 86.3 Å². The molecular weight excluding hydrogens is 464 g/mol. The number of imidazole rings is 1. The number of pyridine rings is 1. The van der Waals surface area contributed by atoms with Gasteiger partial charge in [0.1, 0.15) is 11.3 Å². The van der Waals surface area contributed by atoms with Gasteiger partial charge in [-0.05, 0) is 91.2 Å². The van der Waals surface area contributed by atoms with Crippen molar-refractivity contribution in [1.29, 1.82) is 0 Å². The third-order valence-corrected chi connectivity index (χ3v) is 7.43. The summed E-state index contributed by atoms with van der Waals surface area (Å²) in [6, 6.07) is 12.6. The van der Waals surface area contributed by atoms with E-state index in [4.69, 9.17) is 14.5 Å². The summed E-state index contributed by atoms with van der Waals surface area (Å²) in [6.07, 6.45) is 3.39. The molecule has 37 heavy (non-hydrogen) atoms. The SMILES string of the molecule is CCc1cc(C)c2nc(CC)n(-c3c(C)cc4c(c3C)CCc3ccccc3N4c3noc(=O)[nH]3)c2n1. The molecule has 188 valence electrons. The van der Waals surface area contributed by atoms with Crippen LogP contribution in [0.25, 0.3) is 16.9 Å². The van der Waals surface area contributed by atoms with E-state index in [2.05, 4.69) is 73.6 Å². The van der Waals surface area contributed by atoms with Crippen LogP contribution in [0.5, 0.6) is 0 Å². The Balaban J connectivity index is 1.65. The normalized spacial score (nSPS) is 13.1. The number of rotatable bonds is 4. The zero-order valence-corrected chi connectivity index (χ0v) is 21.8. The predicted octanol–water partition coefficient (Wildman–Crippen LogP) is 5.72. The molecule has 0 aliphatic carbocycles. The van der Waals surface area contributed by atoms with Gasteiger partial charge in [0.25, 0.3) is 5.95 Å². The minimum Gasteiger partial charge on any atom is -0.294 e. The fourth-order valence-electron chi connectivity index (χ4n) is 5.69. The second-order valence-corrected chi connectivity index (χ2v) is 9.72. The average Bonchev–Trinajstić information content (AvgIpc) is 3.43. The minimum atomic E-state index is -0.575. The monoisotopic (exact) mass is 494 g/mol. The fraction of sp³-hybridized carbons (Fsp3) is 0.310. The van der Waals surface area contributed by atoms with Crippen molar-refractivity contribution in [2.75, 3.05) is 4.90 Å². The van der Waals surface area contributed by atoms with Crippen LogP contribution in [0.3, 0.4) is 0 Å². The Labute approximate surface area is 215 Å². The first kappa shape index (κ1) is 23.2. The van der Waals surface area contributed by atoms with E-state index in [1.54, 1.807) is 0 Å². The lowest BCUT2D eigenvalue weighted by molar-refractivity contribution is 0.387. The number of fused-ring (bicyclic) bond motifs is 3. The van der Waals surface area contributed by atoms with Gasteiger partial charge in [0.15, 0.2) is 5.65 Å². The molecule has 1 N–H and O–H groups in total. The second-order valence-electron chi connectivity index (χ2n) is 9.72. The smallest absolute Gasteiger partial charge is 0.294 e. The van der Waals surface area contributed by atoms with Gasteiger partial charge >= 0.3 is 5.76 Å². The number of hydrogen-bond donors (Lipinski definition) is 1. The third kappa shape index (κ3) is 3.58. The van der Waals surface area contributed by atoms with E-state index in [9.17, 15) is 4.79 Å². The first-order valence-corrected chi connectivity index (χ1v) is 12.9. The molecule has 1 aliphatic rings. The van der Waals surface area contributed by atoms with E-state index in [1.807, 2.05) is 17.0 Å². The lowest BCUT2D eigenvalue weighted by atomic mass is 9.95. The van der Waals surface area contributed by atoms with Crippen LogP contribution < -0.4 is 10.7 Å². The number of aryl methyl sites for hydroxylation is 5. The number of benzene rings is 2. The van der Waals surface area contributed by atoms with Gasteiger partial charge in [-0.3, -0.25) is 19.0 Å². The molecular formula is C29H30N6O2. The molecule has 1 aliphatic heterocycles. The second kappa shape index (κ2) is 8.73. The van der Waals surface area contributed by atoms with Crippen molar-refractivity contribution in [3.8, 4) is 5.69 Å². The fourth-order valence-corrected chi connectivity index (χ4v) is 5.69. The Morgan fingerprint density at radius 2 is 1.78 bits per heavy atom. The molecule has 0 unspecified atom stereocenters. The standard InChI is InChI=1S/C29H30N6O2/c1-6-20-14-16(3)25-27(30-20)35(24(7-2)31-25)26-17(4)15-23-21(18(26)5)13-12-19-10-8-9-11-22(19)34(23)28-32-29(36)37-33-28/h8-11,14-15H,6-7,12-13H2,1-5H3,(H,32,33,36). The maximum absolute atomic E-state index is 11.9. The Morgan fingerprint density at radius 3 is 2.51 bits per heavy atom. The molecule has 0 spiro atoms. The van der Waals surface area contributed by atoms with E-state index in [1.165, 1.54) is 16.7 Å². The number of hydrogen-bond acceptors (Lipinski definition) is 6. The number of aromatic amines is 1. The van der Waals surface area contributed by atoms with E-state index >= 15 is 0 Å². The first-order valence-electron chi connectivity index (χ1n) is 12.9. The van der Waals surface area contributed by atoms with Gasteiger partial charge in [0.2, 0.25) is 0 Å². The van der Waals surface area contributed by atoms with Gasteiger partial charge in [-0.15, -0.1) is 0 Å². The molecule has 5 aromatic rings. The zero-order chi connectivity index (χ0) is 25.8. The lowest BCUT2D eigenvalue weighted by Crippen LogP contribution is -2.16. The molecule has 0 fully saturated rings. The van der Waals surface area contributed by atoms with Crippen molar-refractivity contribution in [2.45, 2.75) is 60.3 Å². The summed E-state index contributed by atoms with van der Waals surface area (Å²) in [5.74, 6) is 0.799. The van der Waals surface area contributed by atoms with Crippen molar-refractivity contribution in [2.24, 2.45) is 0 Å². The molecule has 8 heteroatoms. The quantitative estimate of drug-likeness (QED) is 0.344. The van der Waals surface area contributed by atoms with Crippen molar-refractivity contribution >= 4 is 28.5 Å². The number of H-pyrrole nitrogens is 1. The zero-order valence-electron chi connectivity index (χ0n) is 21.8. The van der Waals surface area contributed by atoms with Crippen LogP contribution in [-0.4, -0.2) is 24.7 Å². The topological polar surface area (TPSA) is 92.8 Å². The number of para-hydroxylation sites is 1. The van der Waals surface area contributed by atoms with E-state index in [0.29, 0.717) is 5.95 Å². The molecule has 0 saturated carbocycles. The van der Waals surface area contributed by atoms with E-state index in [0.717, 1.165) is 76.6 Å². The average molecular weight is 495 g/mol. The highest BCUT2D eigenvalue weighted by molar-refractivity contribution is 5.83. The number of nitrogens with zero attached hydrogens (tertiary/aromatic N) is 5. The highest BCUT2D eigenvalue weighted by Crippen LogP contribution is 2.44. The van der Waals surface area contributed by atoms with Gasteiger partial charge in [-0.2, -0.15) is 0 Å². The largest absolute Gasteiger partial charge is 0.440 e. The van der Waals surface area contributed by atoms with E-state index in [-0.39, 0.29) is 0 Å². The minimum absolute atomic E-state index is 0.374. The number of anilines is 3. The summed E-state index contributed by atoms with van der Waals surface area (Å²) < 4.78 is 7.18. The molecule has 4 heterocycles. The summed E-state index contributed by atoms with van der Waals surface area (Å²) >= 11 is 0. The third-order valence-electron chi connectivity index (χ3n) is 7.43. The summed E-state index contributed by atoms with van der Waals surface area (Å²) in [4.78, 5) is 26.8. The molecule has 0 saturated heterocycles. The number of nitrogens with one attached hydrogen (secondary N) is 1. The van der Waals surface area contributed by atoms with Crippen molar-refractivity contribution in [1.82, 2.24) is 24.7 Å². The molecule has 0 amide bonds. The molecule has 8 nitrogen and oxygen atoms in total. The van der Waals surface area contributed by atoms with Crippen LogP contribution in [0.15, 0.2) is 45.7 Å². The Hall–Kier alpha value is -4.20.